The van der Waals surface area contributed by atoms with Gasteiger partial charge in [-0.25, -0.2) is 0 Å². The first-order valence-electron chi connectivity index (χ1n) is 6.96. The molecule has 0 aliphatic carbocycles. The zero-order valence-electron chi connectivity index (χ0n) is 11.7. The molecule has 0 aromatic heterocycles. The second kappa shape index (κ2) is 7.00. The van der Waals surface area contributed by atoms with Crippen LogP contribution >= 0.6 is 27.7 Å². The normalized spacial score (nSPS) is 20.5. The van der Waals surface area contributed by atoms with Crippen molar-refractivity contribution in [3.63, 3.8) is 0 Å². The Hall–Kier alpha value is -0.190. The topological polar surface area (TPSA) is 29.3 Å². The highest BCUT2D eigenvalue weighted by Gasteiger charge is 2.21. The average molecular weight is 343 g/mol. The van der Waals surface area contributed by atoms with Crippen molar-refractivity contribution in [1.82, 2.24) is 0 Å². The molecule has 2 rings (SSSR count). The van der Waals surface area contributed by atoms with Gasteiger partial charge in [-0.2, -0.15) is 11.8 Å². The predicted molar refractivity (Wildman–Crippen MR) is 90.2 cm³/mol. The molecule has 2 unspecified atom stereocenters. The largest absolute Gasteiger partial charge is 0.370 e. The van der Waals surface area contributed by atoms with Crippen molar-refractivity contribution in [1.29, 1.82) is 0 Å². The van der Waals surface area contributed by atoms with Crippen molar-refractivity contribution in [3.05, 3.63) is 28.2 Å². The highest BCUT2D eigenvalue weighted by Crippen LogP contribution is 2.32. The summed E-state index contributed by atoms with van der Waals surface area (Å²) in [5.74, 6) is 2.53. The SMILES string of the molecule is CCC(N)Cc1ccc(N(C)C2CCSC2)c(Br)c1. The third kappa shape index (κ3) is 3.89. The summed E-state index contributed by atoms with van der Waals surface area (Å²) in [6.45, 7) is 2.14. The van der Waals surface area contributed by atoms with Gasteiger partial charge in [0.25, 0.3) is 0 Å². The highest BCUT2D eigenvalue weighted by molar-refractivity contribution is 9.10. The molecular weight excluding hydrogens is 320 g/mol. The van der Waals surface area contributed by atoms with Crippen LogP contribution in [0.1, 0.15) is 25.3 Å². The van der Waals surface area contributed by atoms with Crippen LogP contribution in [0.5, 0.6) is 0 Å². The number of anilines is 1. The summed E-state index contributed by atoms with van der Waals surface area (Å²) in [7, 11) is 2.20. The van der Waals surface area contributed by atoms with Crippen LogP contribution in [0.2, 0.25) is 0 Å². The summed E-state index contributed by atoms with van der Waals surface area (Å²) in [4.78, 5) is 2.41. The van der Waals surface area contributed by atoms with E-state index in [4.69, 9.17) is 5.73 Å². The molecule has 2 nitrogen and oxygen atoms in total. The number of halogens is 1. The Bertz CT molecular complexity index is 419. The van der Waals surface area contributed by atoms with E-state index in [0.717, 1.165) is 12.8 Å². The number of nitrogens with two attached hydrogens (primary N) is 1. The first kappa shape index (κ1) is 15.2. The van der Waals surface area contributed by atoms with Gasteiger partial charge in [-0.1, -0.05) is 13.0 Å². The Balaban J connectivity index is 2.09. The minimum atomic E-state index is 0.265. The fraction of sp³-hybridized carbons (Fsp3) is 0.600. The molecule has 106 valence electrons. The van der Waals surface area contributed by atoms with Crippen LogP contribution in [0.3, 0.4) is 0 Å². The molecular formula is C15H23BrN2S. The summed E-state index contributed by atoms with van der Waals surface area (Å²) in [6.07, 6.45) is 3.27. The molecule has 19 heavy (non-hydrogen) atoms. The fourth-order valence-corrected chi connectivity index (χ4v) is 4.41. The molecule has 0 radical (unpaired) electrons. The number of thioether (sulfide) groups is 1. The number of benzene rings is 1. The van der Waals surface area contributed by atoms with Crippen molar-refractivity contribution in [2.75, 3.05) is 23.5 Å². The Labute approximate surface area is 129 Å². The van der Waals surface area contributed by atoms with Crippen LogP contribution in [0.4, 0.5) is 5.69 Å². The average Bonchev–Trinajstić information content (AvgIpc) is 2.92. The Kier molecular flexibility index (Phi) is 5.60. The van der Waals surface area contributed by atoms with E-state index < -0.39 is 0 Å². The van der Waals surface area contributed by atoms with E-state index in [-0.39, 0.29) is 6.04 Å². The second-order valence-electron chi connectivity index (χ2n) is 5.29. The number of nitrogens with zero attached hydrogens (tertiary/aromatic N) is 1. The zero-order valence-corrected chi connectivity index (χ0v) is 14.1. The van der Waals surface area contributed by atoms with Gasteiger partial charge in [-0.15, -0.1) is 0 Å². The summed E-state index contributed by atoms with van der Waals surface area (Å²) in [5.41, 5.74) is 8.64. The van der Waals surface area contributed by atoms with Crippen LogP contribution in [0.25, 0.3) is 0 Å². The molecule has 0 saturated carbocycles. The number of rotatable bonds is 5. The standard InChI is InChI=1S/C15H23BrN2S/c1-3-12(17)8-11-4-5-15(14(16)9-11)18(2)13-6-7-19-10-13/h4-5,9,12-13H,3,6-8,10,17H2,1-2H3. The highest BCUT2D eigenvalue weighted by atomic mass is 79.9. The Morgan fingerprint density at radius 2 is 2.32 bits per heavy atom. The van der Waals surface area contributed by atoms with Gasteiger partial charge in [0.15, 0.2) is 0 Å². The molecule has 1 saturated heterocycles. The van der Waals surface area contributed by atoms with Crippen molar-refractivity contribution < 1.29 is 0 Å². The molecule has 0 spiro atoms. The maximum absolute atomic E-state index is 6.02. The molecule has 1 heterocycles. The summed E-state index contributed by atoms with van der Waals surface area (Å²) >= 11 is 5.77. The smallest absolute Gasteiger partial charge is 0.0511 e. The van der Waals surface area contributed by atoms with Gasteiger partial charge in [0.05, 0.1) is 5.69 Å². The number of hydrogen-bond donors (Lipinski definition) is 1. The third-order valence-corrected chi connectivity index (χ3v) is 5.65. The molecule has 1 aliphatic heterocycles. The number of hydrogen-bond acceptors (Lipinski definition) is 3. The molecule has 1 fully saturated rings. The fourth-order valence-electron chi connectivity index (χ4n) is 2.43. The zero-order chi connectivity index (χ0) is 13.8. The van der Waals surface area contributed by atoms with E-state index in [1.165, 1.54) is 33.7 Å². The molecule has 0 amide bonds. The lowest BCUT2D eigenvalue weighted by molar-refractivity contribution is 0.646. The van der Waals surface area contributed by atoms with E-state index >= 15 is 0 Å². The molecule has 1 aromatic carbocycles. The van der Waals surface area contributed by atoms with Gasteiger partial charge in [0.2, 0.25) is 0 Å². The summed E-state index contributed by atoms with van der Waals surface area (Å²) < 4.78 is 1.19. The van der Waals surface area contributed by atoms with Gasteiger partial charge in [-0.05, 0) is 58.6 Å². The van der Waals surface area contributed by atoms with Crippen LogP contribution in [-0.4, -0.2) is 30.6 Å². The third-order valence-electron chi connectivity index (χ3n) is 3.87. The van der Waals surface area contributed by atoms with Gasteiger partial charge < -0.3 is 10.6 Å². The van der Waals surface area contributed by atoms with Gasteiger partial charge in [0.1, 0.15) is 0 Å². The lowest BCUT2D eigenvalue weighted by Gasteiger charge is -2.27. The van der Waals surface area contributed by atoms with E-state index in [1.54, 1.807) is 0 Å². The van der Waals surface area contributed by atoms with E-state index in [9.17, 15) is 0 Å². The van der Waals surface area contributed by atoms with E-state index in [2.05, 4.69) is 64.8 Å². The van der Waals surface area contributed by atoms with Crippen molar-refractivity contribution in [2.24, 2.45) is 5.73 Å². The van der Waals surface area contributed by atoms with Crippen molar-refractivity contribution in [3.8, 4) is 0 Å². The lowest BCUT2D eigenvalue weighted by Crippen LogP contribution is -2.31. The Morgan fingerprint density at radius 3 is 2.89 bits per heavy atom. The lowest BCUT2D eigenvalue weighted by atomic mass is 10.0. The molecule has 0 bridgehead atoms. The minimum absolute atomic E-state index is 0.265. The minimum Gasteiger partial charge on any atom is -0.370 e. The molecule has 1 aromatic rings. The van der Waals surface area contributed by atoms with Crippen molar-refractivity contribution >= 4 is 33.4 Å². The van der Waals surface area contributed by atoms with Gasteiger partial charge in [-0.3, -0.25) is 0 Å². The molecule has 4 heteroatoms. The van der Waals surface area contributed by atoms with Gasteiger partial charge in [0, 0.05) is 29.4 Å². The molecule has 2 atom stereocenters. The molecule has 1 aliphatic rings. The van der Waals surface area contributed by atoms with E-state index in [1.807, 2.05) is 0 Å². The maximum atomic E-state index is 6.02. The Morgan fingerprint density at radius 1 is 1.53 bits per heavy atom. The summed E-state index contributed by atoms with van der Waals surface area (Å²) in [6, 6.07) is 7.61. The van der Waals surface area contributed by atoms with Crippen molar-refractivity contribution in [2.45, 2.75) is 38.3 Å². The quantitative estimate of drug-likeness (QED) is 0.885. The van der Waals surface area contributed by atoms with Crippen LogP contribution in [0.15, 0.2) is 22.7 Å². The summed E-state index contributed by atoms with van der Waals surface area (Å²) in [5, 5.41) is 0. The maximum Gasteiger partial charge on any atom is 0.0511 e. The molecule has 2 N–H and O–H groups in total. The predicted octanol–water partition coefficient (Wildman–Crippen LogP) is 3.67. The van der Waals surface area contributed by atoms with Gasteiger partial charge >= 0.3 is 0 Å². The monoisotopic (exact) mass is 342 g/mol. The first-order valence-corrected chi connectivity index (χ1v) is 8.91. The van der Waals surface area contributed by atoms with Crippen LogP contribution < -0.4 is 10.6 Å². The van der Waals surface area contributed by atoms with Crippen LogP contribution in [0, 0.1) is 0 Å². The second-order valence-corrected chi connectivity index (χ2v) is 7.29. The van der Waals surface area contributed by atoms with Crippen LogP contribution in [-0.2, 0) is 6.42 Å². The first-order chi connectivity index (χ1) is 9.11. The van der Waals surface area contributed by atoms with E-state index in [0.29, 0.717) is 6.04 Å².